The number of carbonyl (C=O) groups is 4. The number of carboxylic acid groups (broad SMARTS) is 1. The van der Waals surface area contributed by atoms with Crippen molar-refractivity contribution in [1.29, 1.82) is 0 Å². The van der Waals surface area contributed by atoms with Gasteiger partial charge in [-0.2, -0.15) is 4.31 Å². The van der Waals surface area contributed by atoms with Crippen molar-refractivity contribution in [3.05, 3.63) is 129 Å². The normalized spacial score (nSPS) is 16.6. The summed E-state index contributed by atoms with van der Waals surface area (Å²) in [6.07, 6.45) is 6.12. The second-order valence-corrected chi connectivity index (χ2v) is 17.6. The Morgan fingerprint density at radius 3 is 2.14 bits per heavy atom. The Balaban J connectivity index is 1.01. The van der Waals surface area contributed by atoms with Crippen molar-refractivity contribution in [3.8, 4) is 0 Å². The lowest BCUT2D eigenvalue weighted by atomic mass is 9.86. The Bertz CT molecular complexity index is 2600. The summed E-state index contributed by atoms with van der Waals surface area (Å²) in [6, 6.07) is 23.4. The van der Waals surface area contributed by atoms with Gasteiger partial charge in [0.25, 0.3) is 17.7 Å². The second kappa shape index (κ2) is 20.0. The number of hydrogen-bond acceptors (Lipinski definition) is 11. The van der Waals surface area contributed by atoms with Crippen LogP contribution in [0.4, 0.5) is 17.2 Å². The number of rotatable bonds is 16. The number of hydrogen-bond donors (Lipinski definition) is 5. The Kier molecular flexibility index (Phi) is 14.1. The van der Waals surface area contributed by atoms with Crippen LogP contribution < -0.4 is 26.6 Å². The standard InChI is InChI=1S/C45H50N8O9S/c1-2-53(35-21-17-32(18-22-35)44(57)58)63(60,61)36-8-6-7-33(27-36)42(55)48-37-23-24-39(52-25-4-3-5-26-52)50-40(37)43(56)47-34-19-13-30(14-20-34)10-9-29-11-15-31(16-12-29)41(54)46-28-38-49-45(59)62-51-38/h6-8,11-16,19-20,23-24,27,32,35H,2-5,9-10,17-18,21-22,25-26,28H2,1H3,(H,46,54)(H,47,56)(H,48,55)(H,57,58)(H,49,51,59). The number of sulfonamides is 1. The van der Waals surface area contributed by atoms with Gasteiger partial charge < -0.3 is 26.0 Å². The largest absolute Gasteiger partial charge is 0.481 e. The Labute approximate surface area is 364 Å². The maximum absolute atomic E-state index is 14.0. The number of aliphatic carboxylic acids is 1. The first-order valence-electron chi connectivity index (χ1n) is 21.1. The number of pyridine rings is 1. The van der Waals surface area contributed by atoms with Gasteiger partial charge in [-0.25, -0.2) is 18.2 Å². The number of nitrogens with zero attached hydrogens (tertiary/aromatic N) is 4. The van der Waals surface area contributed by atoms with Crippen LogP contribution in [0, 0.1) is 5.92 Å². The number of carbonyl (C=O) groups excluding carboxylic acids is 3. The van der Waals surface area contributed by atoms with Crippen molar-refractivity contribution in [2.24, 2.45) is 5.92 Å². The molecule has 3 heterocycles. The highest BCUT2D eigenvalue weighted by Gasteiger charge is 2.35. The van der Waals surface area contributed by atoms with E-state index in [2.05, 4.69) is 35.5 Å². The fourth-order valence-electron chi connectivity index (χ4n) is 8.04. The van der Waals surface area contributed by atoms with Crippen LogP contribution in [-0.4, -0.2) is 82.3 Å². The van der Waals surface area contributed by atoms with Gasteiger partial charge in [-0.15, -0.1) is 0 Å². The fourth-order valence-corrected chi connectivity index (χ4v) is 9.78. The number of piperidine rings is 1. The summed E-state index contributed by atoms with van der Waals surface area (Å²) in [4.78, 5) is 72.0. The highest BCUT2D eigenvalue weighted by molar-refractivity contribution is 7.89. The molecule has 0 bridgehead atoms. The van der Waals surface area contributed by atoms with Gasteiger partial charge in [0.15, 0.2) is 11.5 Å². The van der Waals surface area contributed by atoms with Crippen LogP contribution in [0.5, 0.6) is 0 Å². The van der Waals surface area contributed by atoms with E-state index in [1.165, 1.54) is 28.6 Å². The summed E-state index contributed by atoms with van der Waals surface area (Å²) in [7, 11) is -4.03. The number of H-pyrrole nitrogens is 1. The van der Waals surface area contributed by atoms with Gasteiger partial charge in [-0.1, -0.05) is 42.4 Å². The van der Waals surface area contributed by atoms with Gasteiger partial charge in [0, 0.05) is 42.5 Å². The molecule has 0 unspecified atom stereocenters. The Morgan fingerprint density at radius 2 is 1.51 bits per heavy atom. The topological polar surface area (TPSA) is 237 Å². The molecule has 1 saturated heterocycles. The molecular formula is C45H50N8O9S. The van der Waals surface area contributed by atoms with Crippen LogP contribution in [0.2, 0.25) is 0 Å². The van der Waals surface area contributed by atoms with E-state index < -0.39 is 39.5 Å². The third-order valence-corrected chi connectivity index (χ3v) is 13.5. The fraction of sp³-hybridized carbons (Fsp3) is 0.356. The number of amides is 3. The van der Waals surface area contributed by atoms with Crippen molar-refractivity contribution in [3.63, 3.8) is 0 Å². The highest BCUT2D eigenvalue weighted by Crippen LogP contribution is 2.32. The van der Waals surface area contributed by atoms with E-state index in [9.17, 15) is 37.5 Å². The molecule has 1 saturated carbocycles. The minimum absolute atomic E-state index is 0.00129. The predicted octanol–water partition coefficient (Wildman–Crippen LogP) is 5.62. The summed E-state index contributed by atoms with van der Waals surface area (Å²) in [5.74, 6) is -2.71. The van der Waals surface area contributed by atoms with Crippen molar-refractivity contribution >= 4 is 50.9 Å². The van der Waals surface area contributed by atoms with Gasteiger partial charge in [-0.3, -0.25) is 28.7 Å². The lowest BCUT2D eigenvalue weighted by Gasteiger charge is -2.34. The van der Waals surface area contributed by atoms with Gasteiger partial charge in [0.1, 0.15) is 5.82 Å². The summed E-state index contributed by atoms with van der Waals surface area (Å²) in [5.41, 5.74) is 3.24. The molecule has 3 aromatic carbocycles. The van der Waals surface area contributed by atoms with E-state index in [1.807, 2.05) is 24.3 Å². The molecule has 0 radical (unpaired) electrons. The third kappa shape index (κ3) is 11.1. The van der Waals surface area contributed by atoms with E-state index in [0.29, 0.717) is 55.6 Å². The molecule has 2 aromatic heterocycles. The van der Waals surface area contributed by atoms with E-state index in [-0.39, 0.29) is 52.7 Å². The van der Waals surface area contributed by atoms with Gasteiger partial charge in [0.05, 0.1) is 23.0 Å². The molecule has 5 N–H and O–H groups in total. The molecule has 2 fully saturated rings. The van der Waals surface area contributed by atoms with Crippen LogP contribution >= 0.6 is 0 Å². The Morgan fingerprint density at radius 1 is 0.825 bits per heavy atom. The first-order chi connectivity index (χ1) is 30.4. The quantitative estimate of drug-likeness (QED) is 0.0812. The highest BCUT2D eigenvalue weighted by atomic mass is 32.2. The van der Waals surface area contributed by atoms with Gasteiger partial charge in [0.2, 0.25) is 10.0 Å². The lowest BCUT2D eigenvalue weighted by Crippen LogP contribution is -2.42. The molecule has 1 aliphatic carbocycles. The van der Waals surface area contributed by atoms with E-state index >= 15 is 0 Å². The summed E-state index contributed by atoms with van der Waals surface area (Å²) in [6.45, 7) is 3.52. The molecule has 330 valence electrons. The maximum atomic E-state index is 14.0. The van der Waals surface area contributed by atoms with E-state index in [0.717, 1.165) is 43.5 Å². The average Bonchev–Trinajstić information content (AvgIpc) is 3.73. The number of carboxylic acids is 1. The van der Waals surface area contributed by atoms with Crippen molar-refractivity contribution in [2.75, 3.05) is 35.2 Å². The van der Waals surface area contributed by atoms with Crippen molar-refractivity contribution < 1.29 is 37.2 Å². The zero-order chi connectivity index (χ0) is 44.5. The van der Waals surface area contributed by atoms with Crippen LogP contribution in [0.15, 0.2) is 99.1 Å². The molecule has 5 aromatic rings. The first-order valence-corrected chi connectivity index (χ1v) is 22.6. The molecule has 2 aliphatic rings. The first kappa shape index (κ1) is 44.4. The average molecular weight is 879 g/mol. The number of anilines is 3. The molecule has 18 heteroatoms. The number of benzene rings is 3. The smallest absolute Gasteiger partial charge is 0.438 e. The van der Waals surface area contributed by atoms with Crippen LogP contribution in [0.25, 0.3) is 0 Å². The van der Waals surface area contributed by atoms with Gasteiger partial charge >= 0.3 is 11.7 Å². The molecule has 7 rings (SSSR count). The number of aromatic nitrogens is 3. The van der Waals surface area contributed by atoms with Crippen LogP contribution in [0.3, 0.4) is 0 Å². The Hall–Kier alpha value is -6.66. The van der Waals surface area contributed by atoms with E-state index in [1.54, 1.807) is 43.3 Å². The molecule has 1 aliphatic heterocycles. The molecular weight excluding hydrogens is 829 g/mol. The minimum Gasteiger partial charge on any atom is -0.481 e. The third-order valence-electron chi connectivity index (χ3n) is 11.5. The zero-order valence-corrected chi connectivity index (χ0v) is 35.7. The minimum atomic E-state index is -4.03. The summed E-state index contributed by atoms with van der Waals surface area (Å²) < 4.78 is 33.7. The van der Waals surface area contributed by atoms with Crippen molar-refractivity contribution in [2.45, 2.75) is 82.2 Å². The number of nitrogens with one attached hydrogen (secondary N) is 4. The number of aromatic amines is 1. The predicted molar refractivity (Wildman–Crippen MR) is 234 cm³/mol. The monoisotopic (exact) mass is 878 g/mol. The van der Waals surface area contributed by atoms with Crippen LogP contribution in [0.1, 0.15) is 100 Å². The van der Waals surface area contributed by atoms with Gasteiger partial charge in [-0.05, 0) is 124 Å². The lowest BCUT2D eigenvalue weighted by molar-refractivity contribution is -0.143. The second-order valence-electron chi connectivity index (χ2n) is 15.7. The maximum Gasteiger partial charge on any atom is 0.438 e. The number of aryl methyl sites for hydroxylation is 2. The molecule has 63 heavy (non-hydrogen) atoms. The molecule has 17 nitrogen and oxygen atoms in total. The SMILES string of the molecule is CCN(C1CCC(C(=O)O)CC1)S(=O)(=O)c1cccc(C(=O)Nc2ccc(N3CCCCC3)nc2C(=O)Nc2ccc(CCc3ccc(C(=O)NCc4noc(=O)[nH]4)cc3)cc2)c1. The van der Waals surface area contributed by atoms with Crippen LogP contribution in [-0.2, 0) is 34.2 Å². The zero-order valence-electron chi connectivity index (χ0n) is 34.8. The van der Waals surface area contributed by atoms with Crippen molar-refractivity contribution in [1.82, 2.24) is 24.7 Å². The molecule has 0 atom stereocenters. The molecule has 3 amide bonds. The molecule has 0 spiro atoms. The summed E-state index contributed by atoms with van der Waals surface area (Å²) >= 11 is 0. The summed E-state index contributed by atoms with van der Waals surface area (Å²) in [5, 5.41) is 21.3. The van der Waals surface area contributed by atoms with E-state index in [4.69, 9.17) is 4.98 Å².